The van der Waals surface area contributed by atoms with Crippen molar-refractivity contribution in [3.05, 3.63) is 29.6 Å². The highest BCUT2D eigenvalue weighted by molar-refractivity contribution is 5.28. The Morgan fingerprint density at radius 3 is 3.00 bits per heavy atom. The van der Waals surface area contributed by atoms with Crippen molar-refractivity contribution in [1.82, 2.24) is 10.3 Å². The molecule has 1 saturated carbocycles. The van der Waals surface area contributed by atoms with Crippen LogP contribution in [0, 0.1) is 5.41 Å². The maximum atomic E-state index is 4.51. The number of rotatable bonds is 2. The molecule has 0 aromatic carbocycles. The predicted molar refractivity (Wildman–Crippen MR) is 60.6 cm³/mol. The van der Waals surface area contributed by atoms with Gasteiger partial charge < -0.3 is 5.32 Å². The molecule has 0 spiro atoms. The third-order valence-electron chi connectivity index (χ3n) is 3.87. The van der Waals surface area contributed by atoms with Gasteiger partial charge >= 0.3 is 0 Å². The first-order valence-electron chi connectivity index (χ1n) is 5.87. The van der Waals surface area contributed by atoms with E-state index >= 15 is 0 Å². The van der Waals surface area contributed by atoms with Gasteiger partial charge in [0.25, 0.3) is 0 Å². The number of nitrogens with one attached hydrogen (secondary N) is 1. The van der Waals surface area contributed by atoms with Crippen LogP contribution in [0.4, 0.5) is 0 Å². The van der Waals surface area contributed by atoms with Crippen molar-refractivity contribution in [3.63, 3.8) is 0 Å². The Bertz CT molecular complexity index is 384. The Morgan fingerprint density at radius 1 is 1.47 bits per heavy atom. The van der Waals surface area contributed by atoms with Crippen LogP contribution in [0.5, 0.6) is 0 Å². The van der Waals surface area contributed by atoms with E-state index in [2.05, 4.69) is 30.2 Å². The van der Waals surface area contributed by atoms with E-state index in [-0.39, 0.29) is 0 Å². The topological polar surface area (TPSA) is 24.9 Å². The van der Waals surface area contributed by atoms with E-state index < -0.39 is 0 Å². The van der Waals surface area contributed by atoms with Crippen molar-refractivity contribution in [2.24, 2.45) is 5.41 Å². The SMILES string of the molecule is CC1(C)CC1NC1CCc2cccnc21. The zero-order valence-corrected chi connectivity index (χ0v) is 9.46. The van der Waals surface area contributed by atoms with Gasteiger partial charge in [0.15, 0.2) is 0 Å². The molecular formula is C13H18N2. The van der Waals surface area contributed by atoms with E-state index in [9.17, 15) is 0 Å². The number of hydrogen-bond donors (Lipinski definition) is 1. The molecule has 3 rings (SSSR count). The molecule has 0 amide bonds. The number of aryl methyl sites for hydroxylation is 1. The van der Waals surface area contributed by atoms with Crippen molar-refractivity contribution in [2.75, 3.05) is 0 Å². The highest BCUT2D eigenvalue weighted by atomic mass is 15.0. The monoisotopic (exact) mass is 202 g/mol. The van der Waals surface area contributed by atoms with E-state index in [0.29, 0.717) is 17.5 Å². The third kappa shape index (κ3) is 1.57. The molecule has 15 heavy (non-hydrogen) atoms. The summed E-state index contributed by atoms with van der Waals surface area (Å²) in [6.45, 7) is 4.66. The van der Waals surface area contributed by atoms with Gasteiger partial charge in [-0.2, -0.15) is 0 Å². The molecule has 0 radical (unpaired) electrons. The summed E-state index contributed by atoms with van der Waals surface area (Å²) in [5.41, 5.74) is 3.24. The van der Waals surface area contributed by atoms with Crippen LogP contribution in [0.25, 0.3) is 0 Å². The fourth-order valence-corrected chi connectivity index (χ4v) is 2.57. The molecule has 2 heteroatoms. The summed E-state index contributed by atoms with van der Waals surface area (Å²) in [6, 6.07) is 5.47. The zero-order valence-electron chi connectivity index (χ0n) is 9.46. The summed E-state index contributed by atoms with van der Waals surface area (Å²) in [4.78, 5) is 4.51. The van der Waals surface area contributed by atoms with Gasteiger partial charge in [-0.25, -0.2) is 0 Å². The first-order valence-corrected chi connectivity index (χ1v) is 5.87. The molecular weight excluding hydrogens is 184 g/mol. The third-order valence-corrected chi connectivity index (χ3v) is 3.87. The first kappa shape index (κ1) is 9.34. The van der Waals surface area contributed by atoms with Gasteiger partial charge in [-0.15, -0.1) is 0 Å². The Labute approximate surface area is 91.1 Å². The van der Waals surface area contributed by atoms with Gasteiger partial charge in [0.1, 0.15) is 0 Å². The summed E-state index contributed by atoms with van der Waals surface area (Å²) in [5, 5.41) is 3.74. The summed E-state index contributed by atoms with van der Waals surface area (Å²) in [7, 11) is 0. The number of fused-ring (bicyclic) bond motifs is 1. The highest BCUT2D eigenvalue weighted by Gasteiger charge is 2.47. The van der Waals surface area contributed by atoms with Gasteiger partial charge in [0.2, 0.25) is 0 Å². The fourth-order valence-electron chi connectivity index (χ4n) is 2.57. The van der Waals surface area contributed by atoms with Crippen LogP contribution in [-0.2, 0) is 6.42 Å². The van der Waals surface area contributed by atoms with Crippen molar-refractivity contribution in [3.8, 4) is 0 Å². The molecule has 1 aromatic rings. The fraction of sp³-hybridized carbons (Fsp3) is 0.615. The zero-order chi connectivity index (χ0) is 10.5. The van der Waals surface area contributed by atoms with Crippen LogP contribution < -0.4 is 5.32 Å². The molecule has 2 unspecified atom stereocenters. The molecule has 0 aliphatic heterocycles. The average molecular weight is 202 g/mol. The molecule has 2 aliphatic carbocycles. The molecule has 2 nitrogen and oxygen atoms in total. The molecule has 1 heterocycles. The first-order chi connectivity index (χ1) is 7.17. The minimum Gasteiger partial charge on any atom is -0.305 e. The Balaban J connectivity index is 1.75. The maximum absolute atomic E-state index is 4.51. The minimum absolute atomic E-state index is 0.507. The van der Waals surface area contributed by atoms with E-state index in [1.54, 1.807) is 0 Å². The van der Waals surface area contributed by atoms with Crippen LogP contribution in [-0.4, -0.2) is 11.0 Å². The van der Waals surface area contributed by atoms with E-state index in [4.69, 9.17) is 0 Å². The molecule has 1 N–H and O–H groups in total. The Morgan fingerprint density at radius 2 is 2.27 bits per heavy atom. The van der Waals surface area contributed by atoms with E-state index in [0.717, 1.165) is 0 Å². The van der Waals surface area contributed by atoms with Gasteiger partial charge in [-0.1, -0.05) is 19.9 Å². The van der Waals surface area contributed by atoms with Gasteiger partial charge in [-0.05, 0) is 36.3 Å². The highest BCUT2D eigenvalue weighted by Crippen LogP contribution is 2.46. The molecule has 1 aromatic heterocycles. The summed E-state index contributed by atoms with van der Waals surface area (Å²) in [6.07, 6.45) is 5.63. The Hall–Kier alpha value is -0.890. The second kappa shape index (κ2) is 3.05. The molecule has 2 aliphatic rings. The van der Waals surface area contributed by atoms with Gasteiger partial charge in [0, 0.05) is 12.2 Å². The smallest absolute Gasteiger partial charge is 0.0605 e. The molecule has 0 saturated heterocycles. The Kier molecular flexibility index (Phi) is 1.90. The van der Waals surface area contributed by atoms with Crippen LogP contribution in [0.3, 0.4) is 0 Å². The maximum Gasteiger partial charge on any atom is 0.0605 e. The lowest BCUT2D eigenvalue weighted by atomic mass is 10.1. The second-order valence-electron chi connectivity index (χ2n) is 5.55. The summed E-state index contributed by atoms with van der Waals surface area (Å²) in [5.74, 6) is 0. The molecule has 80 valence electrons. The quantitative estimate of drug-likeness (QED) is 0.797. The van der Waals surface area contributed by atoms with E-state index in [1.807, 2.05) is 12.3 Å². The molecule has 2 atom stereocenters. The van der Waals surface area contributed by atoms with Crippen molar-refractivity contribution < 1.29 is 0 Å². The molecule has 0 bridgehead atoms. The largest absolute Gasteiger partial charge is 0.305 e. The van der Waals surface area contributed by atoms with Crippen LogP contribution in [0.2, 0.25) is 0 Å². The van der Waals surface area contributed by atoms with Gasteiger partial charge in [0.05, 0.1) is 11.7 Å². The normalized spacial score (nSPS) is 31.3. The average Bonchev–Trinajstić information content (AvgIpc) is 2.64. The van der Waals surface area contributed by atoms with E-state index in [1.165, 1.54) is 30.5 Å². The number of aromatic nitrogens is 1. The summed E-state index contributed by atoms with van der Waals surface area (Å²) >= 11 is 0. The number of nitrogens with zero attached hydrogens (tertiary/aromatic N) is 1. The number of pyridine rings is 1. The predicted octanol–water partition coefficient (Wildman–Crippen LogP) is 2.46. The number of hydrogen-bond acceptors (Lipinski definition) is 2. The standard InChI is InChI=1S/C13H18N2/c1-13(2)8-11(13)15-10-6-5-9-4-3-7-14-12(9)10/h3-4,7,10-11,15H,5-6,8H2,1-2H3. The van der Waals surface area contributed by atoms with Crippen molar-refractivity contribution >= 4 is 0 Å². The lowest BCUT2D eigenvalue weighted by Gasteiger charge is -2.14. The lowest BCUT2D eigenvalue weighted by molar-refractivity contribution is 0.463. The van der Waals surface area contributed by atoms with Crippen LogP contribution >= 0.6 is 0 Å². The lowest BCUT2D eigenvalue weighted by Crippen LogP contribution is -2.25. The molecule has 1 fully saturated rings. The van der Waals surface area contributed by atoms with Gasteiger partial charge in [-0.3, -0.25) is 4.98 Å². The second-order valence-corrected chi connectivity index (χ2v) is 5.55. The van der Waals surface area contributed by atoms with Crippen LogP contribution in [0.1, 0.15) is 44.0 Å². The van der Waals surface area contributed by atoms with Crippen molar-refractivity contribution in [1.29, 1.82) is 0 Å². The minimum atomic E-state index is 0.507. The van der Waals surface area contributed by atoms with Crippen molar-refractivity contribution in [2.45, 2.75) is 45.2 Å². The summed E-state index contributed by atoms with van der Waals surface area (Å²) < 4.78 is 0. The van der Waals surface area contributed by atoms with Crippen LogP contribution in [0.15, 0.2) is 18.3 Å².